The third-order valence-corrected chi connectivity index (χ3v) is 14.1. The Morgan fingerprint density at radius 1 is 0.921 bits per heavy atom. The summed E-state index contributed by atoms with van der Waals surface area (Å²) in [5, 5.41) is 28.0. The molecule has 2 aromatic rings. The second kappa shape index (κ2) is 17.6. The molecular weight excluding hydrogens is 815 g/mol. The number of ether oxygens (including phenoxy) is 7. The summed E-state index contributed by atoms with van der Waals surface area (Å²) in [6.45, 7) is 16.8. The van der Waals surface area contributed by atoms with Crippen molar-refractivity contribution in [1.29, 1.82) is 0 Å². The molecule has 344 valence electrons. The van der Waals surface area contributed by atoms with Crippen molar-refractivity contribution in [3.63, 3.8) is 0 Å². The summed E-state index contributed by atoms with van der Waals surface area (Å²) in [7, 11) is 1.42. The lowest BCUT2D eigenvalue weighted by Gasteiger charge is -2.70. The van der Waals surface area contributed by atoms with E-state index in [2.05, 4.69) is 5.32 Å². The molecule has 1 saturated heterocycles. The number of alkyl carbamates (subject to hydrolysis) is 1. The number of carbonyl (C=O) groups is 5. The molecule has 15 heteroatoms. The molecule has 1 amide bonds. The van der Waals surface area contributed by atoms with Crippen LogP contribution in [0.2, 0.25) is 0 Å². The first-order valence-electron chi connectivity index (χ1n) is 21.6. The van der Waals surface area contributed by atoms with Crippen molar-refractivity contribution >= 4 is 30.0 Å². The van der Waals surface area contributed by atoms with Gasteiger partial charge in [0, 0.05) is 38.2 Å². The molecule has 2 saturated carbocycles. The number of aliphatic hydroxyl groups excluding tert-OH is 2. The Balaban J connectivity index is 1.54. The number of rotatable bonds is 11. The van der Waals surface area contributed by atoms with Crippen molar-refractivity contribution in [2.24, 2.45) is 22.7 Å². The van der Waals surface area contributed by atoms with Gasteiger partial charge < -0.3 is 48.7 Å². The number of amides is 1. The Morgan fingerprint density at radius 3 is 2.08 bits per heavy atom. The Kier molecular flexibility index (Phi) is 13.3. The fourth-order valence-electron chi connectivity index (χ4n) is 10.8. The molecule has 1 aliphatic heterocycles. The molecule has 3 N–H and O–H groups in total. The first-order valence-corrected chi connectivity index (χ1v) is 21.6. The van der Waals surface area contributed by atoms with Crippen LogP contribution in [0.4, 0.5) is 4.79 Å². The van der Waals surface area contributed by atoms with Crippen molar-refractivity contribution in [2.45, 2.75) is 148 Å². The van der Waals surface area contributed by atoms with E-state index < -0.39 is 112 Å². The van der Waals surface area contributed by atoms with Gasteiger partial charge in [-0.15, -0.1) is 0 Å². The highest BCUT2D eigenvalue weighted by Gasteiger charge is 2.78. The molecule has 63 heavy (non-hydrogen) atoms. The molecule has 0 spiro atoms. The Labute approximate surface area is 369 Å². The minimum Gasteiger partial charge on any atom is -0.458 e. The van der Waals surface area contributed by atoms with E-state index in [1.807, 2.05) is 13.8 Å². The molecule has 12 atom stereocenters. The number of fused-ring (bicyclic) bond motifs is 5. The average Bonchev–Trinajstić information content (AvgIpc) is 3.22. The molecule has 3 aliphatic carbocycles. The first-order chi connectivity index (χ1) is 29.5. The Bertz CT molecular complexity index is 2080. The molecule has 0 aromatic heterocycles. The quantitative estimate of drug-likeness (QED) is 0.136. The van der Waals surface area contributed by atoms with E-state index in [-0.39, 0.29) is 31.4 Å². The normalized spacial score (nSPS) is 33.0. The molecule has 6 rings (SSSR count). The molecule has 4 aliphatic rings. The van der Waals surface area contributed by atoms with Gasteiger partial charge in [-0.2, -0.15) is 0 Å². The maximum atomic E-state index is 14.8. The SMILES string of the molecule is CCC(=O)O[C@@H](C(=O)O[C@H]1CC2[C@@H](OC(=O)c3ccccc3)[C@@H]3[C@]4(OC(C)=O)CO[C@@H]4C[C@H](O)[C@@]3(C)C(C)(OC)[C@H](O)C(=C1C)C2(C)C)[C@@H](NC(=O)OC(C)(C)C)c1ccccc1. The molecule has 1 heterocycles. The predicted molar refractivity (Wildman–Crippen MR) is 227 cm³/mol. The van der Waals surface area contributed by atoms with Crippen LogP contribution in [-0.2, 0) is 47.5 Å². The van der Waals surface area contributed by atoms with Crippen molar-refractivity contribution < 1.29 is 67.3 Å². The van der Waals surface area contributed by atoms with E-state index in [0.29, 0.717) is 16.7 Å². The van der Waals surface area contributed by atoms with Crippen molar-refractivity contribution in [3.8, 4) is 0 Å². The smallest absolute Gasteiger partial charge is 0.408 e. The van der Waals surface area contributed by atoms with E-state index in [4.69, 9.17) is 33.2 Å². The van der Waals surface area contributed by atoms with Crippen molar-refractivity contribution in [1.82, 2.24) is 5.32 Å². The van der Waals surface area contributed by atoms with E-state index in [0.717, 1.165) is 0 Å². The number of esters is 4. The molecular formula is C48H63NO14. The summed E-state index contributed by atoms with van der Waals surface area (Å²) in [5.41, 5.74) is -5.05. The van der Waals surface area contributed by atoms with Crippen molar-refractivity contribution in [2.75, 3.05) is 13.7 Å². The van der Waals surface area contributed by atoms with Gasteiger partial charge in [0.05, 0.1) is 24.2 Å². The maximum absolute atomic E-state index is 14.8. The van der Waals surface area contributed by atoms with Gasteiger partial charge in [0.1, 0.15) is 41.7 Å². The number of hydrogen-bond donors (Lipinski definition) is 3. The third-order valence-electron chi connectivity index (χ3n) is 14.1. The fourth-order valence-corrected chi connectivity index (χ4v) is 10.8. The van der Waals surface area contributed by atoms with Gasteiger partial charge in [-0.05, 0) is 75.3 Å². The fraction of sp³-hybridized carbons (Fsp3) is 0.604. The van der Waals surface area contributed by atoms with Crippen LogP contribution < -0.4 is 5.32 Å². The summed E-state index contributed by atoms with van der Waals surface area (Å²) in [6.07, 6.45) is -8.54. The van der Waals surface area contributed by atoms with E-state index in [1.54, 1.807) is 109 Å². The molecule has 2 aromatic carbocycles. The van der Waals surface area contributed by atoms with Crippen molar-refractivity contribution in [3.05, 3.63) is 82.9 Å². The topological polar surface area (TPSA) is 202 Å². The molecule has 0 radical (unpaired) electrons. The van der Waals surface area contributed by atoms with Crippen LogP contribution in [0.15, 0.2) is 71.8 Å². The Hall–Kier alpha value is -4.83. The van der Waals surface area contributed by atoms with Crippen LogP contribution in [-0.4, -0.2) is 107 Å². The second-order valence-corrected chi connectivity index (χ2v) is 19.2. The minimum atomic E-state index is -1.72. The highest BCUT2D eigenvalue weighted by Crippen LogP contribution is 2.67. The summed E-state index contributed by atoms with van der Waals surface area (Å²) in [5.74, 6) is -4.93. The van der Waals surface area contributed by atoms with E-state index >= 15 is 0 Å². The Morgan fingerprint density at radius 2 is 1.54 bits per heavy atom. The number of aliphatic hydroxyl groups is 2. The second-order valence-electron chi connectivity index (χ2n) is 19.2. The zero-order chi connectivity index (χ0) is 46.4. The standard InChI is InChI=1S/C48H63NO14/c1-12-34(52)60-38(36(28-19-15-13-16-20-28)49-43(56)63-44(4,5)6)42(55)59-31-23-30-37(61-41(54)29-21-17-14-18-22-29)39-46(9,32(51)24-33-48(39,25-58-33)62-27(3)50)47(10,57-11)40(53)35(26(31)2)45(30,7)8/h13-22,30-33,36-40,51,53H,12,23-25H2,1-11H3,(H,49,56)/t30?,31-,32-,33+,36-,37+,38+,39-,40+,46+,47?,48-/m0/s1. The lowest BCUT2D eigenvalue weighted by atomic mass is 9.42. The monoisotopic (exact) mass is 877 g/mol. The zero-order valence-electron chi connectivity index (χ0n) is 38.1. The number of hydrogen-bond acceptors (Lipinski definition) is 14. The highest BCUT2D eigenvalue weighted by molar-refractivity contribution is 5.89. The van der Waals surface area contributed by atoms with Crippen LogP contribution in [0.3, 0.4) is 0 Å². The first kappa shape index (κ1) is 47.6. The van der Waals surface area contributed by atoms with Crippen LogP contribution in [0.5, 0.6) is 0 Å². The molecule has 3 fully saturated rings. The molecule has 2 unspecified atom stereocenters. The number of nitrogens with one attached hydrogen (secondary N) is 1. The van der Waals surface area contributed by atoms with Gasteiger partial charge in [-0.3, -0.25) is 9.59 Å². The zero-order valence-corrected chi connectivity index (χ0v) is 38.1. The number of methoxy groups -OCH3 is 1. The molecule has 15 nitrogen and oxygen atoms in total. The van der Waals surface area contributed by atoms with Gasteiger partial charge in [0.25, 0.3) is 0 Å². The van der Waals surface area contributed by atoms with Crippen LogP contribution >= 0.6 is 0 Å². The van der Waals surface area contributed by atoms with Gasteiger partial charge in [-0.25, -0.2) is 14.4 Å². The van der Waals surface area contributed by atoms with Crippen LogP contribution in [0, 0.1) is 22.7 Å². The van der Waals surface area contributed by atoms with Gasteiger partial charge in [-0.1, -0.05) is 76.2 Å². The average molecular weight is 878 g/mol. The lowest BCUT2D eigenvalue weighted by Crippen LogP contribution is -2.82. The van der Waals surface area contributed by atoms with Gasteiger partial charge in [0.2, 0.25) is 6.10 Å². The van der Waals surface area contributed by atoms with Crippen LogP contribution in [0.1, 0.15) is 110 Å². The maximum Gasteiger partial charge on any atom is 0.408 e. The highest BCUT2D eigenvalue weighted by atomic mass is 16.6. The minimum absolute atomic E-state index is 0.00841. The summed E-state index contributed by atoms with van der Waals surface area (Å²) in [6, 6.07) is 15.6. The van der Waals surface area contributed by atoms with E-state index in [1.165, 1.54) is 14.0 Å². The lowest BCUT2D eigenvalue weighted by molar-refractivity contribution is -0.368. The summed E-state index contributed by atoms with van der Waals surface area (Å²) in [4.78, 5) is 68.8. The van der Waals surface area contributed by atoms with E-state index in [9.17, 15) is 34.2 Å². The van der Waals surface area contributed by atoms with Gasteiger partial charge in [0.15, 0.2) is 5.60 Å². The number of carbonyl (C=O) groups excluding carboxylic acids is 5. The van der Waals surface area contributed by atoms with Gasteiger partial charge >= 0.3 is 30.0 Å². The summed E-state index contributed by atoms with van der Waals surface area (Å²) < 4.78 is 43.2. The predicted octanol–water partition coefficient (Wildman–Crippen LogP) is 5.94. The number of benzene rings is 2. The van der Waals surface area contributed by atoms with Crippen LogP contribution in [0.25, 0.3) is 0 Å². The molecule has 2 bridgehead atoms. The summed E-state index contributed by atoms with van der Waals surface area (Å²) >= 11 is 0. The third kappa shape index (κ3) is 8.49. The largest absolute Gasteiger partial charge is 0.458 e.